The third kappa shape index (κ3) is 4.37. The Morgan fingerprint density at radius 1 is 0.929 bits per heavy atom. The Bertz CT molecular complexity index is 1070. The van der Waals surface area contributed by atoms with E-state index in [9.17, 15) is 14.4 Å². The van der Waals surface area contributed by atoms with E-state index in [-0.39, 0.29) is 12.5 Å². The van der Waals surface area contributed by atoms with E-state index in [1.165, 1.54) is 9.13 Å². The molecule has 1 N–H and O–H groups in total. The van der Waals surface area contributed by atoms with E-state index in [2.05, 4.69) is 5.32 Å². The third-order valence-corrected chi connectivity index (χ3v) is 4.47. The Kier molecular flexibility index (Phi) is 6.39. The molecular formula is C21H23N3O4. The maximum atomic E-state index is 12.8. The maximum absolute atomic E-state index is 12.8. The molecule has 0 saturated heterocycles. The number of amides is 1. The Hall–Kier alpha value is -3.19. The minimum Gasteiger partial charge on any atom is -0.385 e. The molecule has 1 heterocycles. The van der Waals surface area contributed by atoms with Gasteiger partial charge >= 0.3 is 11.1 Å². The van der Waals surface area contributed by atoms with E-state index >= 15 is 0 Å². The smallest absolute Gasteiger partial charge is 0.317 e. The molecule has 0 radical (unpaired) electrons. The molecule has 1 amide bonds. The van der Waals surface area contributed by atoms with E-state index in [1.807, 2.05) is 36.4 Å². The highest BCUT2D eigenvalue weighted by Gasteiger charge is 2.15. The third-order valence-electron chi connectivity index (χ3n) is 4.47. The highest BCUT2D eigenvalue weighted by atomic mass is 16.5. The van der Waals surface area contributed by atoms with Crippen LogP contribution in [0.25, 0.3) is 11.0 Å². The van der Waals surface area contributed by atoms with Crippen LogP contribution in [-0.2, 0) is 22.6 Å². The summed E-state index contributed by atoms with van der Waals surface area (Å²) in [6, 6.07) is 16.6. The number of carbonyl (C=O) groups is 1. The maximum Gasteiger partial charge on any atom is 0.317 e. The van der Waals surface area contributed by atoms with Crippen LogP contribution in [0, 0.1) is 0 Å². The molecule has 0 fully saturated rings. The van der Waals surface area contributed by atoms with Crippen molar-refractivity contribution in [3.8, 4) is 0 Å². The Labute approximate surface area is 162 Å². The first-order valence-electron chi connectivity index (χ1n) is 9.13. The van der Waals surface area contributed by atoms with Gasteiger partial charge in [-0.25, -0.2) is 0 Å². The number of rotatable bonds is 8. The fraction of sp³-hybridized carbons (Fsp3) is 0.286. The lowest BCUT2D eigenvalue weighted by Gasteiger charge is -2.15. The van der Waals surface area contributed by atoms with E-state index in [0.717, 1.165) is 5.56 Å². The van der Waals surface area contributed by atoms with Gasteiger partial charge in [0.15, 0.2) is 0 Å². The second-order valence-electron chi connectivity index (χ2n) is 6.45. The number of hydrogen-bond donors (Lipinski definition) is 1. The van der Waals surface area contributed by atoms with Gasteiger partial charge < -0.3 is 10.1 Å². The molecule has 2 aromatic carbocycles. The Balaban J connectivity index is 1.96. The van der Waals surface area contributed by atoms with Crippen molar-refractivity contribution in [2.75, 3.05) is 20.3 Å². The molecule has 1 aromatic heterocycles. The number of nitrogens with zero attached hydrogens (tertiary/aromatic N) is 2. The topological polar surface area (TPSA) is 82.3 Å². The van der Waals surface area contributed by atoms with Gasteiger partial charge in [-0.2, -0.15) is 0 Å². The normalized spacial score (nSPS) is 10.9. The lowest BCUT2D eigenvalue weighted by molar-refractivity contribution is -0.121. The van der Waals surface area contributed by atoms with Gasteiger partial charge in [-0.3, -0.25) is 23.5 Å². The van der Waals surface area contributed by atoms with Crippen molar-refractivity contribution < 1.29 is 9.53 Å². The molecule has 0 unspecified atom stereocenters. The highest BCUT2D eigenvalue weighted by molar-refractivity contribution is 5.80. The number of fused-ring (bicyclic) bond motifs is 1. The molecule has 7 heteroatoms. The first-order chi connectivity index (χ1) is 13.6. The number of carbonyl (C=O) groups excluding carboxylic acids is 1. The molecule has 3 aromatic rings. The lowest BCUT2D eigenvalue weighted by atomic mass is 10.2. The van der Waals surface area contributed by atoms with Gasteiger partial charge in [0.2, 0.25) is 5.91 Å². The monoisotopic (exact) mass is 381 g/mol. The molecule has 0 aliphatic rings. The molecule has 28 heavy (non-hydrogen) atoms. The van der Waals surface area contributed by atoms with E-state index in [1.54, 1.807) is 25.3 Å². The van der Waals surface area contributed by atoms with Crippen LogP contribution in [0.2, 0.25) is 0 Å². The quantitative estimate of drug-likeness (QED) is 0.472. The summed E-state index contributed by atoms with van der Waals surface area (Å²) in [7, 11) is 1.60. The van der Waals surface area contributed by atoms with Gasteiger partial charge in [0.05, 0.1) is 17.6 Å². The molecule has 0 spiro atoms. The van der Waals surface area contributed by atoms with Gasteiger partial charge in [0.25, 0.3) is 0 Å². The van der Waals surface area contributed by atoms with Crippen molar-refractivity contribution in [2.45, 2.75) is 19.5 Å². The predicted octanol–water partition coefficient (Wildman–Crippen LogP) is 1.36. The minimum absolute atomic E-state index is 0.201. The second kappa shape index (κ2) is 9.14. The molecule has 0 aliphatic heterocycles. The number of para-hydroxylation sites is 2. The largest absolute Gasteiger partial charge is 0.385 e. The standard InChI is InChI=1S/C21H23N3O4/c1-28-13-7-12-22-19(25)15-24-18-11-6-5-10-17(18)23(20(26)21(24)27)14-16-8-3-2-4-9-16/h2-6,8-11H,7,12-15H2,1H3,(H,22,25). The summed E-state index contributed by atoms with van der Waals surface area (Å²) in [5.41, 5.74) is 0.734. The van der Waals surface area contributed by atoms with Crippen molar-refractivity contribution in [3.05, 3.63) is 80.9 Å². The lowest BCUT2D eigenvalue weighted by Crippen LogP contribution is -2.44. The van der Waals surface area contributed by atoms with Crippen LogP contribution < -0.4 is 16.4 Å². The highest BCUT2D eigenvalue weighted by Crippen LogP contribution is 2.12. The number of ether oxygens (including phenoxy) is 1. The molecule has 0 atom stereocenters. The number of methoxy groups -OCH3 is 1. The molecule has 0 aliphatic carbocycles. The van der Waals surface area contributed by atoms with E-state index < -0.39 is 11.1 Å². The van der Waals surface area contributed by atoms with Crippen molar-refractivity contribution in [2.24, 2.45) is 0 Å². The zero-order valence-electron chi connectivity index (χ0n) is 15.8. The van der Waals surface area contributed by atoms with Crippen LogP contribution in [-0.4, -0.2) is 35.3 Å². The zero-order valence-corrected chi connectivity index (χ0v) is 15.8. The number of aromatic nitrogens is 2. The molecule has 7 nitrogen and oxygen atoms in total. The van der Waals surface area contributed by atoms with E-state index in [0.29, 0.717) is 37.2 Å². The summed E-state index contributed by atoms with van der Waals surface area (Å²) in [4.78, 5) is 37.7. The summed E-state index contributed by atoms with van der Waals surface area (Å²) in [5.74, 6) is -0.316. The van der Waals surface area contributed by atoms with Crippen LogP contribution in [0.4, 0.5) is 0 Å². The first kappa shape index (κ1) is 19.6. The zero-order chi connectivity index (χ0) is 19.9. The first-order valence-corrected chi connectivity index (χ1v) is 9.13. The van der Waals surface area contributed by atoms with Crippen molar-refractivity contribution >= 4 is 16.9 Å². The Morgan fingerprint density at radius 2 is 1.54 bits per heavy atom. The van der Waals surface area contributed by atoms with Gasteiger partial charge in [-0.05, 0) is 24.1 Å². The van der Waals surface area contributed by atoms with Gasteiger partial charge in [0.1, 0.15) is 6.54 Å². The summed E-state index contributed by atoms with van der Waals surface area (Å²) >= 11 is 0. The molecular weight excluding hydrogens is 358 g/mol. The van der Waals surface area contributed by atoms with Gasteiger partial charge in [-0.15, -0.1) is 0 Å². The molecule has 146 valence electrons. The predicted molar refractivity (Wildman–Crippen MR) is 108 cm³/mol. The molecule has 0 saturated carbocycles. The Morgan fingerprint density at radius 3 is 2.21 bits per heavy atom. The van der Waals surface area contributed by atoms with E-state index in [4.69, 9.17) is 4.74 Å². The fourth-order valence-corrected chi connectivity index (χ4v) is 3.09. The van der Waals surface area contributed by atoms with Crippen molar-refractivity contribution in [1.82, 2.24) is 14.5 Å². The van der Waals surface area contributed by atoms with Crippen LogP contribution in [0.3, 0.4) is 0 Å². The fourth-order valence-electron chi connectivity index (χ4n) is 3.09. The summed E-state index contributed by atoms with van der Waals surface area (Å²) in [6.45, 7) is 1.08. The number of nitrogens with one attached hydrogen (secondary N) is 1. The van der Waals surface area contributed by atoms with Crippen LogP contribution >= 0.6 is 0 Å². The van der Waals surface area contributed by atoms with Crippen LogP contribution in [0.15, 0.2) is 64.2 Å². The van der Waals surface area contributed by atoms with Gasteiger partial charge in [-0.1, -0.05) is 42.5 Å². The molecule has 0 bridgehead atoms. The number of hydrogen-bond acceptors (Lipinski definition) is 4. The summed E-state index contributed by atoms with van der Waals surface area (Å²) in [6.07, 6.45) is 0.677. The summed E-state index contributed by atoms with van der Waals surface area (Å²) < 4.78 is 7.65. The SMILES string of the molecule is COCCCNC(=O)Cn1c(=O)c(=O)n(Cc2ccccc2)c2ccccc21. The van der Waals surface area contributed by atoms with Crippen molar-refractivity contribution in [1.29, 1.82) is 0 Å². The van der Waals surface area contributed by atoms with Crippen molar-refractivity contribution in [3.63, 3.8) is 0 Å². The summed E-state index contributed by atoms with van der Waals surface area (Å²) in [5, 5.41) is 2.74. The average Bonchev–Trinajstić information content (AvgIpc) is 2.72. The van der Waals surface area contributed by atoms with Gasteiger partial charge in [0, 0.05) is 20.3 Å². The second-order valence-corrected chi connectivity index (χ2v) is 6.45. The van der Waals surface area contributed by atoms with Crippen LogP contribution in [0.5, 0.6) is 0 Å². The molecule has 3 rings (SSSR count). The average molecular weight is 381 g/mol. The number of benzene rings is 2. The van der Waals surface area contributed by atoms with Crippen LogP contribution in [0.1, 0.15) is 12.0 Å². The minimum atomic E-state index is -0.707.